The summed E-state index contributed by atoms with van der Waals surface area (Å²) in [5, 5.41) is 0. The van der Waals surface area contributed by atoms with Crippen LogP contribution in [0.15, 0.2) is 71.7 Å². The summed E-state index contributed by atoms with van der Waals surface area (Å²) >= 11 is 1.31. The lowest BCUT2D eigenvalue weighted by Crippen LogP contribution is -2.23. The molecule has 7 nitrogen and oxygen atoms in total. The SMILES string of the molecule is CCOC(=O)Cn1c(=NC(=O)c2ccc(-c3ccccc3)cc2)sc2cc3c(cc21)OCO3. The highest BCUT2D eigenvalue weighted by Gasteiger charge is 2.19. The average Bonchev–Trinajstić information content (AvgIpc) is 3.42. The highest BCUT2D eigenvalue weighted by atomic mass is 32.1. The number of fused-ring (bicyclic) bond motifs is 2. The molecule has 8 heteroatoms. The van der Waals surface area contributed by atoms with E-state index < -0.39 is 5.97 Å². The van der Waals surface area contributed by atoms with Gasteiger partial charge in [0.15, 0.2) is 16.3 Å². The number of carbonyl (C=O) groups is 2. The van der Waals surface area contributed by atoms with E-state index >= 15 is 0 Å². The Morgan fingerprint density at radius 2 is 1.70 bits per heavy atom. The molecule has 166 valence electrons. The first-order chi connectivity index (χ1) is 16.1. The van der Waals surface area contributed by atoms with Crippen molar-refractivity contribution in [1.82, 2.24) is 4.57 Å². The maximum Gasteiger partial charge on any atom is 0.326 e. The highest BCUT2D eigenvalue weighted by molar-refractivity contribution is 7.16. The van der Waals surface area contributed by atoms with E-state index in [1.165, 1.54) is 11.3 Å². The molecular formula is C25H20N2O5S. The molecule has 0 spiro atoms. The maximum atomic E-state index is 13.0. The number of rotatable bonds is 5. The van der Waals surface area contributed by atoms with E-state index in [9.17, 15) is 9.59 Å². The summed E-state index contributed by atoms with van der Waals surface area (Å²) in [5.74, 6) is 0.420. The van der Waals surface area contributed by atoms with Crippen molar-refractivity contribution in [2.45, 2.75) is 13.5 Å². The Balaban J connectivity index is 1.53. The molecule has 1 aliphatic rings. The van der Waals surface area contributed by atoms with E-state index in [0.717, 1.165) is 21.3 Å². The van der Waals surface area contributed by atoms with Crippen molar-refractivity contribution in [3.63, 3.8) is 0 Å². The molecule has 1 aliphatic heterocycles. The van der Waals surface area contributed by atoms with Crippen molar-refractivity contribution in [1.29, 1.82) is 0 Å². The van der Waals surface area contributed by atoms with E-state index in [-0.39, 0.29) is 25.9 Å². The lowest BCUT2D eigenvalue weighted by Gasteiger charge is -2.06. The molecule has 2 heterocycles. The van der Waals surface area contributed by atoms with E-state index in [1.807, 2.05) is 48.5 Å². The van der Waals surface area contributed by atoms with Crippen LogP contribution in [-0.4, -0.2) is 29.8 Å². The smallest absolute Gasteiger partial charge is 0.326 e. The van der Waals surface area contributed by atoms with Crippen LogP contribution in [0.2, 0.25) is 0 Å². The van der Waals surface area contributed by atoms with Crippen molar-refractivity contribution >= 4 is 33.4 Å². The fraction of sp³-hybridized carbons (Fsp3) is 0.160. The number of benzene rings is 3. The fourth-order valence-corrected chi connectivity index (χ4v) is 4.66. The zero-order valence-electron chi connectivity index (χ0n) is 17.8. The van der Waals surface area contributed by atoms with Gasteiger partial charge in [-0.2, -0.15) is 4.99 Å². The van der Waals surface area contributed by atoms with Crippen LogP contribution in [0.1, 0.15) is 17.3 Å². The van der Waals surface area contributed by atoms with Gasteiger partial charge in [0.25, 0.3) is 5.91 Å². The standard InChI is InChI=1S/C25H20N2O5S/c1-2-30-23(28)14-27-19-12-20-21(32-15-31-20)13-22(19)33-25(27)26-24(29)18-10-8-17(9-11-18)16-6-4-3-5-7-16/h3-13H,2,14-15H2,1H3. The molecular weight excluding hydrogens is 440 g/mol. The second-order valence-electron chi connectivity index (χ2n) is 7.31. The summed E-state index contributed by atoms with van der Waals surface area (Å²) in [6.07, 6.45) is 0. The molecule has 0 saturated carbocycles. The van der Waals surface area contributed by atoms with Gasteiger partial charge in [0.1, 0.15) is 6.54 Å². The normalized spacial score (nSPS) is 12.8. The van der Waals surface area contributed by atoms with Crippen LogP contribution in [0.3, 0.4) is 0 Å². The third-order valence-corrected chi connectivity index (χ3v) is 6.25. The van der Waals surface area contributed by atoms with Crippen molar-refractivity contribution < 1.29 is 23.8 Å². The zero-order chi connectivity index (χ0) is 22.8. The van der Waals surface area contributed by atoms with Crippen LogP contribution in [0.4, 0.5) is 0 Å². The highest BCUT2D eigenvalue weighted by Crippen LogP contribution is 2.37. The molecule has 5 rings (SSSR count). The quantitative estimate of drug-likeness (QED) is 0.413. The largest absolute Gasteiger partial charge is 0.465 e. The van der Waals surface area contributed by atoms with Gasteiger partial charge in [0, 0.05) is 17.7 Å². The third-order valence-electron chi connectivity index (χ3n) is 5.21. The molecule has 1 aromatic heterocycles. The number of nitrogens with zero attached hydrogens (tertiary/aromatic N) is 2. The average molecular weight is 461 g/mol. The molecule has 4 aromatic rings. The number of ether oxygens (including phenoxy) is 3. The Bertz CT molecular complexity index is 1400. The minimum Gasteiger partial charge on any atom is -0.465 e. The second kappa shape index (κ2) is 8.91. The van der Waals surface area contributed by atoms with E-state index in [4.69, 9.17) is 14.2 Å². The summed E-state index contributed by atoms with van der Waals surface area (Å²) in [6.45, 7) is 2.11. The second-order valence-corrected chi connectivity index (χ2v) is 8.32. The van der Waals surface area contributed by atoms with Gasteiger partial charge in [0.2, 0.25) is 6.79 Å². The number of esters is 1. The summed E-state index contributed by atoms with van der Waals surface area (Å²) in [4.78, 5) is 30.0. The summed E-state index contributed by atoms with van der Waals surface area (Å²) < 4.78 is 18.6. The van der Waals surface area contributed by atoms with Crippen LogP contribution in [0, 0.1) is 0 Å². The first kappa shape index (κ1) is 21.0. The van der Waals surface area contributed by atoms with Crippen molar-refractivity contribution in [2.75, 3.05) is 13.4 Å². The van der Waals surface area contributed by atoms with Crippen molar-refractivity contribution in [2.24, 2.45) is 4.99 Å². The fourth-order valence-electron chi connectivity index (χ4n) is 3.62. The van der Waals surface area contributed by atoms with Gasteiger partial charge in [-0.05, 0) is 30.2 Å². The number of amides is 1. The Kier molecular flexibility index (Phi) is 5.66. The topological polar surface area (TPSA) is 79.1 Å². The molecule has 0 aliphatic carbocycles. The zero-order valence-corrected chi connectivity index (χ0v) is 18.6. The molecule has 33 heavy (non-hydrogen) atoms. The summed E-state index contributed by atoms with van der Waals surface area (Å²) in [5.41, 5.74) is 3.27. The first-order valence-corrected chi connectivity index (χ1v) is 11.3. The van der Waals surface area contributed by atoms with Gasteiger partial charge in [-0.1, -0.05) is 53.8 Å². The predicted molar refractivity (Wildman–Crippen MR) is 124 cm³/mol. The Hall–Kier alpha value is -3.91. The number of hydrogen-bond donors (Lipinski definition) is 0. The van der Waals surface area contributed by atoms with Crippen LogP contribution in [0.25, 0.3) is 21.3 Å². The lowest BCUT2D eigenvalue weighted by molar-refractivity contribution is -0.143. The first-order valence-electron chi connectivity index (χ1n) is 10.5. The molecule has 1 amide bonds. The third kappa shape index (κ3) is 4.25. The minimum absolute atomic E-state index is 0.0630. The van der Waals surface area contributed by atoms with Gasteiger partial charge < -0.3 is 18.8 Å². The Morgan fingerprint density at radius 3 is 2.42 bits per heavy atom. The molecule has 3 aromatic carbocycles. The van der Waals surface area contributed by atoms with Crippen molar-refractivity contribution in [3.05, 3.63) is 77.1 Å². The summed E-state index contributed by atoms with van der Waals surface area (Å²) in [6, 6.07) is 20.9. The van der Waals surface area contributed by atoms with E-state index in [0.29, 0.717) is 21.9 Å². The van der Waals surface area contributed by atoms with Crippen LogP contribution < -0.4 is 14.3 Å². The van der Waals surface area contributed by atoms with Gasteiger partial charge in [-0.15, -0.1) is 0 Å². The predicted octanol–water partition coefficient (Wildman–Crippen LogP) is 4.40. The Labute approximate surface area is 193 Å². The van der Waals surface area contributed by atoms with Gasteiger partial charge in [0.05, 0.1) is 16.8 Å². The van der Waals surface area contributed by atoms with Gasteiger partial charge in [-0.25, -0.2) is 0 Å². The van der Waals surface area contributed by atoms with Gasteiger partial charge in [-0.3, -0.25) is 9.59 Å². The number of thiazole rings is 1. The van der Waals surface area contributed by atoms with E-state index in [2.05, 4.69) is 4.99 Å². The number of carbonyl (C=O) groups excluding carboxylic acids is 2. The van der Waals surface area contributed by atoms with E-state index in [1.54, 1.807) is 29.7 Å². The molecule has 0 unspecified atom stereocenters. The molecule has 0 fully saturated rings. The Morgan fingerprint density at radius 1 is 1.00 bits per heavy atom. The minimum atomic E-state index is -0.407. The van der Waals surface area contributed by atoms with Crippen LogP contribution in [0.5, 0.6) is 11.5 Å². The van der Waals surface area contributed by atoms with Gasteiger partial charge >= 0.3 is 5.97 Å². The molecule has 0 radical (unpaired) electrons. The molecule has 0 N–H and O–H groups in total. The maximum absolute atomic E-state index is 13.0. The monoisotopic (exact) mass is 460 g/mol. The van der Waals surface area contributed by atoms with Crippen LogP contribution >= 0.6 is 11.3 Å². The lowest BCUT2D eigenvalue weighted by atomic mass is 10.0. The number of aromatic nitrogens is 1. The van der Waals surface area contributed by atoms with Crippen LogP contribution in [-0.2, 0) is 16.1 Å². The summed E-state index contributed by atoms with van der Waals surface area (Å²) in [7, 11) is 0. The molecule has 0 atom stereocenters. The molecule has 0 saturated heterocycles. The molecule has 0 bridgehead atoms. The number of hydrogen-bond acceptors (Lipinski definition) is 6. The van der Waals surface area contributed by atoms with Crippen molar-refractivity contribution in [3.8, 4) is 22.6 Å².